The molecular formula is C20H25N3O2S. The first-order chi connectivity index (χ1) is 12.5. The Balaban J connectivity index is 1.56. The van der Waals surface area contributed by atoms with Gasteiger partial charge in [0, 0.05) is 31.9 Å². The molecule has 0 saturated carbocycles. The molecule has 1 aliphatic rings. The fraction of sp³-hybridized carbons (Fsp3) is 0.400. The van der Waals surface area contributed by atoms with Gasteiger partial charge in [-0.1, -0.05) is 18.2 Å². The van der Waals surface area contributed by atoms with E-state index >= 15 is 0 Å². The Kier molecular flexibility index (Phi) is 5.61. The minimum Gasteiger partial charge on any atom is -0.368 e. The van der Waals surface area contributed by atoms with Gasteiger partial charge in [-0.15, -0.1) is 11.3 Å². The zero-order valence-corrected chi connectivity index (χ0v) is 16.3. The molecule has 138 valence electrons. The van der Waals surface area contributed by atoms with Crippen LogP contribution in [0, 0.1) is 13.8 Å². The van der Waals surface area contributed by atoms with E-state index in [2.05, 4.69) is 42.3 Å². The number of anilines is 1. The number of thiophene rings is 1. The van der Waals surface area contributed by atoms with Gasteiger partial charge in [0.25, 0.3) is 5.91 Å². The highest BCUT2D eigenvalue weighted by atomic mass is 32.1. The highest BCUT2D eigenvalue weighted by Crippen LogP contribution is 2.24. The van der Waals surface area contributed by atoms with E-state index in [1.165, 1.54) is 28.2 Å². The topological polar surface area (TPSA) is 52.6 Å². The van der Waals surface area contributed by atoms with Crippen LogP contribution in [0.15, 0.2) is 35.7 Å². The maximum Gasteiger partial charge on any atom is 0.261 e. The second-order valence-corrected chi connectivity index (χ2v) is 7.65. The standard InChI is InChI=1S/C20H25N3O2S/c1-14-6-4-7-17(15(14)2)22-9-11-23(12-10-22)20(25)16(3)21-19(24)18-8-5-13-26-18/h4-8,13,16H,9-12H2,1-3H3,(H,21,24). The SMILES string of the molecule is Cc1cccc(N2CCN(C(=O)C(C)NC(=O)c3cccs3)CC2)c1C. The van der Waals surface area contributed by atoms with Crippen molar-refractivity contribution in [1.82, 2.24) is 10.2 Å². The number of carbonyl (C=O) groups excluding carboxylic acids is 2. The number of carbonyl (C=O) groups is 2. The third-order valence-corrected chi connectivity index (χ3v) is 5.84. The summed E-state index contributed by atoms with van der Waals surface area (Å²) in [5.41, 5.74) is 3.82. The largest absolute Gasteiger partial charge is 0.368 e. The van der Waals surface area contributed by atoms with E-state index in [0.717, 1.165) is 13.1 Å². The summed E-state index contributed by atoms with van der Waals surface area (Å²) >= 11 is 1.38. The van der Waals surface area contributed by atoms with Crippen LogP contribution in [0.25, 0.3) is 0 Å². The van der Waals surface area contributed by atoms with Gasteiger partial charge in [-0.05, 0) is 49.4 Å². The van der Waals surface area contributed by atoms with Crippen molar-refractivity contribution < 1.29 is 9.59 Å². The Labute approximate surface area is 158 Å². The molecule has 26 heavy (non-hydrogen) atoms. The molecule has 1 unspecified atom stereocenters. The maximum absolute atomic E-state index is 12.7. The minimum atomic E-state index is -0.517. The molecule has 5 nitrogen and oxygen atoms in total. The van der Waals surface area contributed by atoms with E-state index in [9.17, 15) is 9.59 Å². The molecule has 0 aliphatic carbocycles. The molecule has 1 saturated heterocycles. The van der Waals surface area contributed by atoms with Gasteiger partial charge >= 0.3 is 0 Å². The monoisotopic (exact) mass is 371 g/mol. The lowest BCUT2D eigenvalue weighted by Gasteiger charge is -2.38. The van der Waals surface area contributed by atoms with Gasteiger partial charge in [0.1, 0.15) is 6.04 Å². The number of hydrogen-bond donors (Lipinski definition) is 1. The molecule has 0 bridgehead atoms. The number of nitrogens with zero attached hydrogens (tertiary/aromatic N) is 2. The van der Waals surface area contributed by atoms with Crippen LogP contribution in [-0.4, -0.2) is 48.9 Å². The Morgan fingerprint density at radius 2 is 1.81 bits per heavy atom. The first kappa shape index (κ1) is 18.5. The van der Waals surface area contributed by atoms with Crippen molar-refractivity contribution in [2.45, 2.75) is 26.8 Å². The molecule has 1 aromatic carbocycles. The molecule has 2 amide bonds. The van der Waals surface area contributed by atoms with E-state index in [4.69, 9.17) is 0 Å². The molecule has 1 aromatic heterocycles. The third kappa shape index (κ3) is 3.90. The highest BCUT2D eigenvalue weighted by molar-refractivity contribution is 7.12. The van der Waals surface area contributed by atoms with Crippen LogP contribution in [0.2, 0.25) is 0 Å². The predicted molar refractivity (Wildman–Crippen MR) is 106 cm³/mol. The number of benzene rings is 1. The first-order valence-electron chi connectivity index (χ1n) is 8.91. The lowest BCUT2D eigenvalue weighted by molar-refractivity contribution is -0.133. The fourth-order valence-corrected chi connectivity index (χ4v) is 3.88. The average Bonchev–Trinajstić information content (AvgIpc) is 3.18. The van der Waals surface area contributed by atoms with Crippen LogP contribution in [-0.2, 0) is 4.79 Å². The number of piperazine rings is 1. The van der Waals surface area contributed by atoms with Crippen molar-refractivity contribution in [2.75, 3.05) is 31.1 Å². The molecular weight excluding hydrogens is 346 g/mol. The van der Waals surface area contributed by atoms with Crippen LogP contribution in [0.3, 0.4) is 0 Å². The normalized spacial score (nSPS) is 15.7. The number of aryl methyl sites for hydroxylation is 1. The van der Waals surface area contributed by atoms with Gasteiger partial charge in [-0.25, -0.2) is 0 Å². The summed E-state index contributed by atoms with van der Waals surface area (Å²) in [7, 11) is 0. The maximum atomic E-state index is 12.7. The van der Waals surface area contributed by atoms with Gasteiger partial charge in [0.05, 0.1) is 4.88 Å². The van der Waals surface area contributed by atoms with E-state index in [-0.39, 0.29) is 11.8 Å². The van der Waals surface area contributed by atoms with Gasteiger partial charge in [0.15, 0.2) is 0 Å². The Hall–Kier alpha value is -2.34. The molecule has 2 heterocycles. The molecule has 1 atom stereocenters. The number of amides is 2. The van der Waals surface area contributed by atoms with Crippen molar-refractivity contribution in [3.63, 3.8) is 0 Å². The Morgan fingerprint density at radius 3 is 2.46 bits per heavy atom. The second-order valence-electron chi connectivity index (χ2n) is 6.70. The number of hydrogen-bond acceptors (Lipinski definition) is 4. The fourth-order valence-electron chi connectivity index (χ4n) is 3.26. The lowest BCUT2D eigenvalue weighted by atomic mass is 10.1. The van der Waals surface area contributed by atoms with E-state index in [0.29, 0.717) is 18.0 Å². The molecule has 3 rings (SSSR count). The summed E-state index contributed by atoms with van der Waals surface area (Å²) in [5.74, 6) is -0.203. The number of nitrogens with one attached hydrogen (secondary N) is 1. The summed E-state index contributed by atoms with van der Waals surface area (Å²) in [6, 6.07) is 9.42. The van der Waals surface area contributed by atoms with Crippen LogP contribution in [0.5, 0.6) is 0 Å². The van der Waals surface area contributed by atoms with Gasteiger partial charge in [-0.3, -0.25) is 9.59 Å². The zero-order chi connectivity index (χ0) is 18.7. The molecule has 0 radical (unpaired) electrons. The molecule has 2 aromatic rings. The zero-order valence-electron chi connectivity index (χ0n) is 15.5. The molecule has 1 aliphatic heterocycles. The Bertz CT molecular complexity index is 780. The van der Waals surface area contributed by atoms with Crippen molar-refractivity contribution in [1.29, 1.82) is 0 Å². The molecule has 6 heteroatoms. The lowest BCUT2D eigenvalue weighted by Crippen LogP contribution is -2.54. The van der Waals surface area contributed by atoms with E-state index in [1.807, 2.05) is 16.3 Å². The summed E-state index contributed by atoms with van der Waals surface area (Å²) in [6.45, 7) is 8.98. The molecule has 0 spiro atoms. The van der Waals surface area contributed by atoms with Gasteiger partial charge in [0.2, 0.25) is 5.91 Å². The van der Waals surface area contributed by atoms with E-state index < -0.39 is 6.04 Å². The van der Waals surface area contributed by atoms with Crippen LogP contribution in [0.4, 0.5) is 5.69 Å². The molecule has 1 fully saturated rings. The van der Waals surface area contributed by atoms with Crippen molar-refractivity contribution in [2.24, 2.45) is 0 Å². The quantitative estimate of drug-likeness (QED) is 0.899. The first-order valence-corrected chi connectivity index (χ1v) is 9.79. The smallest absolute Gasteiger partial charge is 0.261 e. The van der Waals surface area contributed by atoms with Gasteiger partial charge < -0.3 is 15.1 Å². The third-order valence-electron chi connectivity index (χ3n) is 4.97. The van der Waals surface area contributed by atoms with Gasteiger partial charge in [-0.2, -0.15) is 0 Å². The second kappa shape index (κ2) is 7.91. The van der Waals surface area contributed by atoms with Crippen molar-refractivity contribution in [3.05, 3.63) is 51.7 Å². The Morgan fingerprint density at radius 1 is 1.08 bits per heavy atom. The van der Waals surface area contributed by atoms with Crippen LogP contribution < -0.4 is 10.2 Å². The predicted octanol–water partition coefficient (Wildman–Crippen LogP) is 2.83. The summed E-state index contributed by atoms with van der Waals surface area (Å²) in [4.78, 5) is 29.6. The summed E-state index contributed by atoms with van der Waals surface area (Å²) in [6.07, 6.45) is 0. The van der Waals surface area contributed by atoms with Crippen LogP contribution in [0.1, 0.15) is 27.7 Å². The summed E-state index contributed by atoms with van der Waals surface area (Å²) in [5, 5.41) is 4.66. The minimum absolute atomic E-state index is 0.0180. The molecule has 1 N–H and O–H groups in total. The van der Waals surface area contributed by atoms with E-state index in [1.54, 1.807) is 13.0 Å². The average molecular weight is 372 g/mol. The number of rotatable bonds is 4. The van der Waals surface area contributed by atoms with Crippen molar-refractivity contribution in [3.8, 4) is 0 Å². The van der Waals surface area contributed by atoms with Crippen molar-refractivity contribution >= 4 is 28.8 Å². The highest BCUT2D eigenvalue weighted by Gasteiger charge is 2.26. The summed E-state index contributed by atoms with van der Waals surface area (Å²) < 4.78 is 0. The van der Waals surface area contributed by atoms with Crippen LogP contribution >= 0.6 is 11.3 Å².